The van der Waals surface area contributed by atoms with E-state index in [4.69, 9.17) is 0 Å². The Hall–Kier alpha value is -2.07. The SMILES string of the molecule is CN1CC(NC(=O)C(C)(C)C)C=C2c3cccc4[nH]cc(c34)C[C@H]21. The Morgan fingerprint density at radius 1 is 1.33 bits per heavy atom. The first kappa shape index (κ1) is 15.5. The summed E-state index contributed by atoms with van der Waals surface area (Å²) >= 11 is 0. The lowest BCUT2D eigenvalue weighted by molar-refractivity contribution is -0.129. The molecule has 2 aliphatic rings. The Balaban J connectivity index is 1.75. The number of nitrogens with one attached hydrogen (secondary N) is 2. The van der Waals surface area contributed by atoms with Gasteiger partial charge in [-0.1, -0.05) is 39.0 Å². The Morgan fingerprint density at radius 2 is 2.12 bits per heavy atom. The Labute approximate surface area is 142 Å². The summed E-state index contributed by atoms with van der Waals surface area (Å²) in [6.07, 6.45) is 5.45. The van der Waals surface area contributed by atoms with Crippen LogP contribution in [0.5, 0.6) is 0 Å². The zero-order valence-corrected chi connectivity index (χ0v) is 14.8. The van der Waals surface area contributed by atoms with Crippen molar-refractivity contribution in [1.82, 2.24) is 15.2 Å². The number of nitrogens with zero attached hydrogens (tertiary/aromatic N) is 1. The molecule has 0 saturated carbocycles. The lowest BCUT2D eigenvalue weighted by atomic mass is 9.81. The van der Waals surface area contributed by atoms with Crippen molar-refractivity contribution < 1.29 is 4.79 Å². The molecular formula is C20H25N3O. The number of H-pyrrole nitrogens is 1. The van der Waals surface area contributed by atoms with Gasteiger partial charge in [0.25, 0.3) is 0 Å². The average Bonchev–Trinajstić information content (AvgIpc) is 2.92. The molecule has 2 heterocycles. The summed E-state index contributed by atoms with van der Waals surface area (Å²) in [7, 11) is 2.16. The van der Waals surface area contributed by atoms with E-state index in [1.165, 1.54) is 27.6 Å². The van der Waals surface area contributed by atoms with Gasteiger partial charge in [-0.2, -0.15) is 0 Å². The van der Waals surface area contributed by atoms with Gasteiger partial charge in [0.05, 0.1) is 6.04 Å². The lowest BCUT2D eigenvalue weighted by Crippen LogP contribution is -2.51. The molecule has 0 fully saturated rings. The maximum absolute atomic E-state index is 12.4. The molecular weight excluding hydrogens is 298 g/mol. The van der Waals surface area contributed by atoms with E-state index in [9.17, 15) is 4.79 Å². The second kappa shape index (κ2) is 5.21. The Morgan fingerprint density at radius 3 is 2.88 bits per heavy atom. The van der Waals surface area contributed by atoms with Gasteiger partial charge >= 0.3 is 0 Å². The molecule has 126 valence electrons. The van der Waals surface area contributed by atoms with E-state index in [2.05, 4.69) is 52.7 Å². The van der Waals surface area contributed by atoms with Crippen LogP contribution >= 0.6 is 0 Å². The number of rotatable bonds is 1. The van der Waals surface area contributed by atoms with E-state index in [1.807, 2.05) is 20.8 Å². The number of aromatic amines is 1. The van der Waals surface area contributed by atoms with E-state index < -0.39 is 0 Å². The van der Waals surface area contributed by atoms with Gasteiger partial charge < -0.3 is 10.3 Å². The summed E-state index contributed by atoms with van der Waals surface area (Å²) in [4.78, 5) is 18.1. The number of amides is 1. The van der Waals surface area contributed by atoms with E-state index in [1.54, 1.807) is 0 Å². The summed E-state index contributed by atoms with van der Waals surface area (Å²) in [5.41, 5.74) is 4.88. The molecule has 24 heavy (non-hydrogen) atoms. The molecule has 0 bridgehead atoms. The molecule has 0 spiro atoms. The van der Waals surface area contributed by atoms with Crippen molar-refractivity contribution in [1.29, 1.82) is 0 Å². The van der Waals surface area contributed by atoms with Gasteiger partial charge in [0.15, 0.2) is 0 Å². The molecule has 0 radical (unpaired) electrons. The third kappa shape index (κ3) is 2.37. The van der Waals surface area contributed by atoms with Crippen LogP contribution in [0.3, 0.4) is 0 Å². The minimum atomic E-state index is -0.367. The first-order valence-electron chi connectivity index (χ1n) is 8.67. The quantitative estimate of drug-likeness (QED) is 0.848. The number of fused-ring (bicyclic) bond motifs is 2. The van der Waals surface area contributed by atoms with Crippen molar-refractivity contribution in [3.8, 4) is 0 Å². The summed E-state index contributed by atoms with van der Waals surface area (Å²) in [5.74, 6) is 0.104. The van der Waals surface area contributed by atoms with Crippen molar-refractivity contribution in [2.75, 3.05) is 13.6 Å². The molecule has 0 saturated heterocycles. The van der Waals surface area contributed by atoms with E-state index >= 15 is 0 Å². The second-order valence-electron chi connectivity index (χ2n) is 8.15. The van der Waals surface area contributed by atoms with Gasteiger partial charge in [0, 0.05) is 35.1 Å². The smallest absolute Gasteiger partial charge is 0.225 e. The Kier molecular flexibility index (Phi) is 3.36. The highest BCUT2D eigenvalue weighted by Crippen LogP contribution is 2.39. The number of benzene rings is 1. The maximum atomic E-state index is 12.4. The molecule has 4 rings (SSSR count). The fourth-order valence-electron chi connectivity index (χ4n) is 3.93. The van der Waals surface area contributed by atoms with Crippen LogP contribution in [0, 0.1) is 5.41 Å². The predicted molar refractivity (Wildman–Crippen MR) is 97.8 cm³/mol. The van der Waals surface area contributed by atoms with Gasteiger partial charge in [-0.25, -0.2) is 0 Å². The summed E-state index contributed by atoms with van der Waals surface area (Å²) in [6.45, 7) is 6.72. The van der Waals surface area contributed by atoms with Crippen LogP contribution in [0.1, 0.15) is 31.9 Å². The van der Waals surface area contributed by atoms with Gasteiger partial charge in [0.2, 0.25) is 5.91 Å². The number of likely N-dealkylation sites (N-methyl/N-ethyl adjacent to an activating group) is 1. The molecule has 4 nitrogen and oxygen atoms in total. The summed E-state index contributed by atoms with van der Waals surface area (Å²) in [5, 5.41) is 4.55. The highest BCUT2D eigenvalue weighted by Gasteiger charge is 2.34. The highest BCUT2D eigenvalue weighted by atomic mass is 16.2. The molecule has 1 aromatic heterocycles. The standard InChI is InChI=1S/C20H25N3O/c1-20(2,3)19(24)22-13-9-15-14-6-5-7-16-18(14)12(10-21-16)8-17(15)23(4)11-13/h5-7,9-10,13,17,21H,8,11H2,1-4H3,(H,22,24)/t13?,17-/m1/s1. The van der Waals surface area contributed by atoms with Gasteiger partial charge in [-0.05, 0) is 36.2 Å². The van der Waals surface area contributed by atoms with Crippen LogP contribution in [0.25, 0.3) is 16.5 Å². The van der Waals surface area contributed by atoms with Gasteiger partial charge in [0.1, 0.15) is 0 Å². The fourth-order valence-corrected chi connectivity index (χ4v) is 3.93. The zero-order valence-electron chi connectivity index (χ0n) is 14.8. The molecule has 1 aliphatic heterocycles. The minimum absolute atomic E-state index is 0.0590. The van der Waals surface area contributed by atoms with E-state index in [0.29, 0.717) is 6.04 Å². The monoisotopic (exact) mass is 323 g/mol. The molecule has 2 N–H and O–H groups in total. The van der Waals surface area contributed by atoms with Crippen molar-refractivity contribution >= 4 is 22.4 Å². The van der Waals surface area contributed by atoms with Crippen LogP contribution in [-0.2, 0) is 11.2 Å². The molecule has 1 aromatic carbocycles. The predicted octanol–water partition coefficient (Wildman–Crippen LogP) is 2.95. The molecule has 1 aliphatic carbocycles. The zero-order chi connectivity index (χ0) is 17.1. The van der Waals surface area contributed by atoms with Gasteiger partial charge in [-0.15, -0.1) is 0 Å². The van der Waals surface area contributed by atoms with Crippen molar-refractivity contribution in [3.05, 3.63) is 41.6 Å². The first-order valence-corrected chi connectivity index (χ1v) is 8.67. The topological polar surface area (TPSA) is 48.1 Å². The third-order valence-electron chi connectivity index (χ3n) is 5.27. The highest BCUT2D eigenvalue weighted by molar-refractivity contribution is 5.98. The molecule has 4 heteroatoms. The summed E-state index contributed by atoms with van der Waals surface area (Å²) in [6, 6.07) is 6.90. The summed E-state index contributed by atoms with van der Waals surface area (Å²) < 4.78 is 0. The van der Waals surface area contributed by atoms with E-state index in [0.717, 1.165) is 13.0 Å². The number of carbonyl (C=O) groups is 1. The molecule has 1 amide bonds. The van der Waals surface area contributed by atoms with Crippen LogP contribution in [-0.4, -0.2) is 41.5 Å². The molecule has 2 atom stereocenters. The van der Waals surface area contributed by atoms with Crippen LogP contribution in [0.2, 0.25) is 0 Å². The lowest BCUT2D eigenvalue weighted by Gasteiger charge is -2.40. The third-order valence-corrected chi connectivity index (χ3v) is 5.27. The number of carbonyl (C=O) groups excluding carboxylic acids is 1. The van der Waals surface area contributed by atoms with Crippen molar-refractivity contribution in [2.45, 2.75) is 39.3 Å². The largest absolute Gasteiger partial charge is 0.361 e. The van der Waals surface area contributed by atoms with Crippen LogP contribution < -0.4 is 5.32 Å². The first-order chi connectivity index (χ1) is 11.3. The average molecular weight is 323 g/mol. The molecule has 2 aromatic rings. The van der Waals surface area contributed by atoms with Crippen LogP contribution in [0.4, 0.5) is 0 Å². The van der Waals surface area contributed by atoms with Crippen molar-refractivity contribution in [2.24, 2.45) is 5.41 Å². The number of hydrogen-bond acceptors (Lipinski definition) is 2. The number of aromatic nitrogens is 1. The normalized spacial score (nSPS) is 23.8. The van der Waals surface area contributed by atoms with Gasteiger partial charge in [-0.3, -0.25) is 9.69 Å². The Bertz CT molecular complexity index is 840. The minimum Gasteiger partial charge on any atom is -0.361 e. The fraction of sp³-hybridized carbons (Fsp3) is 0.450. The van der Waals surface area contributed by atoms with E-state index in [-0.39, 0.29) is 17.4 Å². The maximum Gasteiger partial charge on any atom is 0.225 e. The second-order valence-corrected chi connectivity index (χ2v) is 8.15. The number of hydrogen-bond donors (Lipinski definition) is 2. The molecule has 1 unspecified atom stereocenters. The van der Waals surface area contributed by atoms with Crippen LogP contribution in [0.15, 0.2) is 30.5 Å². The van der Waals surface area contributed by atoms with Crippen molar-refractivity contribution in [3.63, 3.8) is 0 Å².